The monoisotopic (exact) mass is 379 g/mol. The van der Waals surface area contributed by atoms with Crippen molar-refractivity contribution in [1.82, 2.24) is 0 Å². The molecule has 3 aromatic rings. The molecule has 1 aromatic heterocycles. The summed E-state index contributed by atoms with van der Waals surface area (Å²) in [5.41, 5.74) is 4.48. The smallest absolute Gasteiger partial charge is 0.153 e. The third-order valence-corrected chi connectivity index (χ3v) is 4.09. The third-order valence-electron chi connectivity index (χ3n) is 3.60. The number of furan rings is 1. The summed E-state index contributed by atoms with van der Waals surface area (Å²) in [7, 11) is 0. The molecule has 0 saturated heterocycles. The first-order valence-corrected chi connectivity index (χ1v) is 8.41. The summed E-state index contributed by atoms with van der Waals surface area (Å²) in [6, 6.07) is 16.1. The van der Waals surface area contributed by atoms with Crippen LogP contribution in [0.3, 0.4) is 0 Å². The zero-order valence-electron chi connectivity index (χ0n) is 13.5. The van der Waals surface area contributed by atoms with Gasteiger partial charge < -0.3 is 9.73 Å². The van der Waals surface area contributed by atoms with Gasteiger partial charge in [-0.25, -0.2) is 0 Å². The van der Waals surface area contributed by atoms with E-state index in [-0.39, 0.29) is 0 Å². The first kappa shape index (κ1) is 16.3. The molecule has 0 bridgehead atoms. The minimum atomic E-state index is 0.748. The van der Waals surface area contributed by atoms with Crippen LogP contribution in [0.15, 0.2) is 82.4 Å². The van der Waals surface area contributed by atoms with Crippen LogP contribution in [0.5, 0.6) is 0 Å². The molecule has 0 spiro atoms. The van der Waals surface area contributed by atoms with Crippen molar-refractivity contribution in [2.75, 3.05) is 5.32 Å². The van der Waals surface area contributed by atoms with E-state index in [9.17, 15) is 0 Å². The highest BCUT2D eigenvalue weighted by Gasteiger charge is 2.15. The topological polar surface area (TPSA) is 25.2 Å². The average molecular weight is 380 g/mol. The Morgan fingerprint density at radius 1 is 1.12 bits per heavy atom. The van der Waals surface area contributed by atoms with Gasteiger partial charge in [0.2, 0.25) is 0 Å². The van der Waals surface area contributed by atoms with Crippen LogP contribution in [0.2, 0.25) is 0 Å². The van der Waals surface area contributed by atoms with Gasteiger partial charge in [0, 0.05) is 15.6 Å². The van der Waals surface area contributed by atoms with Gasteiger partial charge in [-0.15, -0.1) is 0 Å². The first-order valence-electron chi connectivity index (χ1n) is 7.61. The summed E-state index contributed by atoms with van der Waals surface area (Å²) < 4.78 is 6.93. The molecule has 0 radical (unpaired) electrons. The lowest BCUT2D eigenvalue weighted by Gasteiger charge is -2.07. The lowest BCUT2D eigenvalue weighted by molar-refractivity contribution is 0.601. The Morgan fingerprint density at radius 3 is 2.58 bits per heavy atom. The summed E-state index contributed by atoms with van der Waals surface area (Å²) in [5.74, 6) is 0.748. The van der Waals surface area contributed by atoms with Gasteiger partial charge in [0.25, 0.3) is 0 Å². The van der Waals surface area contributed by atoms with E-state index in [0.29, 0.717) is 0 Å². The van der Waals surface area contributed by atoms with Crippen molar-refractivity contribution < 1.29 is 4.42 Å². The Hall–Kier alpha value is -2.52. The van der Waals surface area contributed by atoms with E-state index in [1.807, 2.05) is 67.6 Å². The number of allylic oxidation sites excluding steroid dienone is 2. The van der Waals surface area contributed by atoms with Crippen LogP contribution in [0, 0.1) is 0 Å². The predicted octanol–water partition coefficient (Wildman–Crippen LogP) is 6.87. The molecule has 0 amide bonds. The molecule has 2 aromatic carbocycles. The van der Waals surface area contributed by atoms with Crippen molar-refractivity contribution in [3.63, 3.8) is 0 Å². The number of hydrogen-bond donors (Lipinski definition) is 1. The highest BCUT2D eigenvalue weighted by molar-refractivity contribution is 9.10. The fourth-order valence-electron chi connectivity index (χ4n) is 2.46. The normalized spacial score (nSPS) is 11.1. The lowest BCUT2D eigenvalue weighted by Crippen LogP contribution is -1.96. The Labute approximate surface area is 150 Å². The number of hydrogen-bond acceptors (Lipinski definition) is 2. The van der Waals surface area contributed by atoms with Gasteiger partial charge in [-0.3, -0.25) is 0 Å². The van der Waals surface area contributed by atoms with Gasteiger partial charge in [0.1, 0.15) is 5.58 Å². The van der Waals surface area contributed by atoms with Gasteiger partial charge in [0.15, 0.2) is 5.76 Å². The summed E-state index contributed by atoms with van der Waals surface area (Å²) in [5, 5.41) is 4.35. The van der Waals surface area contributed by atoms with E-state index < -0.39 is 0 Å². The van der Waals surface area contributed by atoms with Gasteiger partial charge in [-0.05, 0) is 42.3 Å². The van der Waals surface area contributed by atoms with Crippen molar-refractivity contribution in [2.45, 2.75) is 6.92 Å². The Morgan fingerprint density at radius 2 is 1.88 bits per heavy atom. The average Bonchev–Trinajstić information content (AvgIpc) is 2.92. The van der Waals surface area contributed by atoms with Crippen LogP contribution in [-0.4, -0.2) is 0 Å². The molecule has 0 unspecified atom stereocenters. The van der Waals surface area contributed by atoms with Crippen molar-refractivity contribution >= 4 is 44.2 Å². The highest BCUT2D eigenvalue weighted by atomic mass is 79.9. The van der Waals surface area contributed by atoms with Gasteiger partial charge in [-0.2, -0.15) is 0 Å². The van der Waals surface area contributed by atoms with Crippen molar-refractivity contribution in [3.05, 3.63) is 89.3 Å². The molecular formula is C21H18BrNO. The minimum Gasteiger partial charge on any atom is -0.454 e. The largest absolute Gasteiger partial charge is 0.454 e. The van der Waals surface area contributed by atoms with E-state index in [1.54, 1.807) is 0 Å². The van der Waals surface area contributed by atoms with E-state index >= 15 is 0 Å². The summed E-state index contributed by atoms with van der Waals surface area (Å²) in [4.78, 5) is 0. The molecule has 0 atom stereocenters. The SMILES string of the molecule is C=C(/C=C/c1ccccc1)Nc1c(C(=C)C)oc2ccc(Br)cc12. The maximum Gasteiger partial charge on any atom is 0.153 e. The second kappa shape index (κ2) is 6.93. The van der Waals surface area contributed by atoms with E-state index in [2.05, 4.69) is 34.4 Å². The van der Waals surface area contributed by atoms with Crippen LogP contribution >= 0.6 is 15.9 Å². The fraction of sp³-hybridized carbons (Fsp3) is 0.0476. The van der Waals surface area contributed by atoms with E-state index in [1.165, 1.54) is 0 Å². The third kappa shape index (κ3) is 3.52. The van der Waals surface area contributed by atoms with Crippen LogP contribution in [0.25, 0.3) is 22.6 Å². The summed E-state index contributed by atoms with van der Waals surface area (Å²) >= 11 is 3.51. The second-order valence-corrected chi connectivity index (χ2v) is 6.54. The van der Waals surface area contributed by atoms with Crippen LogP contribution in [0.1, 0.15) is 18.2 Å². The van der Waals surface area contributed by atoms with Crippen molar-refractivity contribution in [1.29, 1.82) is 0 Å². The molecule has 3 heteroatoms. The van der Waals surface area contributed by atoms with Crippen LogP contribution in [0.4, 0.5) is 5.69 Å². The van der Waals surface area contributed by atoms with Crippen molar-refractivity contribution in [3.8, 4) is 0 Å². The molecule has 0 saturated carbocycles. The van der Waals surface area contributed by atoms with Crippen LogP contribution < -0.4 is 5.32 Å². The Bertz CT molecular complexity index is 935. The van der Waals surface area contributed by atoms with Crippen LogP contribution in [-0.2, 0) is 0 Å². The molecule has 24 heavy (non-hydrogen) atoms. The van der Waals surface area contributed by atoms with Crippen molar-refractivity contribution in [2.24, 2.45) is 0 Å². The zero-order valence-corrected chi connectivity index (χ0v) is 15.1. The Kier molecular flexibility index (Phi) is 4.72. The van der Waals surface area contributed by atoms with Gasteiger partial charge in [-0.1, -0.05) is 65.5 Å². The molecule has 2 nitrogen and oxygen atoms in total. The quantitative estimate of drug-likeness (QED) is 0.489. The second-order valence-electron chi connectivity index (χ2n) is 5.62. The standard InChI is InChI=1S/C21H18BrNO/c1-14(2)21-20(18-13-17(22)11-12-19(18)24-21)23-15(3)9-10-16-7-5-4-6-8-16/h4-13,23H,1,3H2,2H3/b10-9+. The molecule has 1 heterocycles. The zero-order chi connectivity index (χ0) is 17.1. The Balaban J connectivity index is 1.92. The predicted molar refractivity (Wildman–Crippen MR) is 107 cm³/mol. The number of halogens is 1. The van der Waals surface area contributed by atoms with E-state index in [0.717, 1.165) is 43.7 Å². The molecule has 0 aliphatic carbocycles. The number of nitrogens with one attached hydrogen (secondary N) is 1. The molecular weight excluding hydrogens is 362 g/mol. The number of anilines is 1. The highest BCUT2D eigenvalue weighted by Crippen LogP contribution is 2.36. The van der Waals surface area contributed by atoms with Gasteiger partial charge in [0.05, 0.1) is 5.69 Å². The molecule has 0 aliphatic heterocycles. The van der Waals surface area contributed by atoms with Gasteiger partial charge >= 0.3 is 0 Å². The summed E-state index contributed by atoms with van der Waals surface area (Å²) in [6.45, 7) is 10.0. The lowest BCUT2D eigenvalue weighted by atomic mass is 10.1. The minimum absolute atomic E-state index is 0.748. The molecule has 1 N–H and O–H groups in total. The first-order chi connectivity index (χ1) is 11.5. The number of fused-ring (bicyclic) bond motifs is 1. The molecule has 0 fully saturated rings. The maximum atomic E-state index is 5.93. The van der Waals surface area contributed by atoms with E-state index in [4.69, 9.17) is 4.42 Å². The number of rotatable bonds is 5. The molecule has 3 rings (SSSR count). The maximum absolute atomic E-state index is 5.93. The number of benzene rings is 2. The summed E-state index contributed by atoms with van der Waals surface area (Å²) in [6.07, 6.45) is 3.97. The fourth-order valence-corrected chi connectivity index (χ4v) is 2.82. The molecule has 0 aliphatic rings. The molecule has 120 valence electrons.